The Morgan fingerprint density at radius 1 is 0.971 bits per heavy atom. The van der Waals surface area contributed by atoms with Crippen molar-refractivity contribution >= 4 is 28.8 Å². The summed E-state index contributed by atoms with van der Waals surface area (Å²) in [6.45, 7) is 5.73. The molecule has 0 radical (unpaired) electrons. The molecule has 0 saturated heterocycles. The Morgan fingerprint density at radius 2 is 1.63 bits per heavy atom. The van der Waals surface area contributed by atoms with Crippen LogP contribution in [0.5, 0.6) is 0 Å². The number of halogens is 3. The van der Waals surface area contributed by atoms with Gasteiger partial charge < -0.3 is 14.3 Å². The Balaban J connectivity index is 1.63. The topological polar surface area (TPSA) is 89.2 Å². The Kier molecular flexibility index (Phi) is 6.14. The molecular formula is C25H23F3N4O3. The molecule has 0 unspecified atom stereocenters. The number of aromatic nitrogens is 2. The molecule has 10 heteroatoms. The molecule has 0 atom stereocenters. The van der Waals surface area contributed by atoms with Crippen LogP contribution in [-0.4, -0.2) is 26.9 Å². The summed E-state index contributed by atoms with van der Waals surface area (Å²) in [7, 11) is 0. The van der Waals surface area contributed by atoms with Crippen molar-refractivity contribution in [1.29, 1.82) is 0 Å². The molecule has 7 nitrogen and oxygen atoms in total. The van der Waals surface area contributed by atoms with Gasteiger partial charge in [0.25, 0.3) is 11.8 Å². The Bertz CT molecular complexity index is 1370. The predicted octanol–water partition coefficient (Wildman–Crippen LogP) is 5.48. The lowest BCUT2D eigenvalue weighted by Crippen LogP contribution is -2.40. The summed E-state index contributed by atoms with van der Waals surface area (Å²) >= 11 is 0. The number of fused-ring (bicyclic) bond motifs is 1. The summed E-state index contributed by atoms with van der Waals surface area (Å²) in [5, 5.41) is 5.50. The highest BCUT2D eigenvalue weighted by molar-refractivity contribution is 6.05. The van der Waals surface area contributed by atoms with Gasteiger partial charge in [0.1, 0.15) is 5.76 Å². The summed E-state index contributed by atoms with van der Waals surface area (Å²) < 4.78 is 46.5. The number of amides is 2. The quantitative estimate of drug-likeness (QED) is 0.393. The summed E-state index contributed by atoms with van der Waals surface area (Å²) in [6, 6.07) is 12.7. The van der Waals surface area contributed by atoms with E-state index in [1.807, 2.05) is 20.8 Å². The number of benzene rings is 2. The fourth-order valence-corrected chi connectivity index (χ4v) is 3.48. The molecular weight excluding hydrogens is 461 g/mol. The van der Waals surface area contributed by atoms with E-state index >= 15 is 0 Å². The molecule has 0 aliphatic heterocycles. The average Bonchev–Trinajstić information content (AvgIpc) is 3.40. The molecule has 0 fully saturated rings. The number of imidazole rings is 1. The standard InChI is InChI=1S/C25H23F3N4O3/c1-24(2,3)31-22(34)16-8-6-15(7-9-16)21(33)30-23-29-19-13-17(25(26,27)28)10-11-20(19)32(23)14-18-5-4-12-35-18/h4-13H,14H2,1-3H3,(H,31,34)(H,29,30,33). The second-order valence-corrected chi connectivity index (χ2v) is 9.04. The lowest BCUT2D eigenvalue weighted by Gasteiger charge is -2.20. The summed E-state index contributed by atoms with van der Waals surface area (Å²) in [5.74, 6) is -0.200. The van der Waals surface area contributed by atoms with E-state index in [1.54, 1.807) is 16.7 Å². The van der Waals surface area contributed by atoms with E-state index in [-0.39, 0.29) is 29.5 Å². The maximum Gasteiger partial charge on any atom is 0.416 e. The first-order chi connectivity index (χ1) is 16.4. The van der Waals surface area contributed by atoms with Crippen LogP contribution in [0.2, 0.25) is 0 Å². The highest BCUT2D eigenvalue weighted by Crippen LogP contribution is 2.32. The van der Waals surface area contributed by atoms with Crippen LogP contribution in [0.4, 0.5) is 19.1 Å². The van der Waals surface area contributed by atoms with Crippen LogP contribution >= 0.6 is 0 Å². The second-order valence-electron chi connectivity index (χ2n) is 9.04. The number of hydrogen-bond donors (Lipinski definition) is 2. The maximum absolute atomic E-state index is 13.2. The van der Waals surface area contributed by atoms with Gasteiger partial charge in [0.15, 0.2) is 0 Å². The summed E-state index contributed by atoms with van der Waals surface area (Å²) in [6.07, 6.45) is -3.05. The third-order valence-corrected chi connectivity index (χ3v) is 5.09. The summed E-state index contributed by atoms with van der Waals surface area (Å²) in [4.78, 5) is 29.5. The lowest BCUT2D eigenvalue weighted by atomic mass is 10.1. The molecule has 0 saturated carbocycles. The molecule has 0 spiro atoms. The molecule has 2 aromatic carbocycles. The number of furan rings is 1. The third-order valence-electron chi connectivity index (χ3n) is 5.09. The zero-order chi connectivity index (χ0) is 25.4. The molecule has 2 heterocycles. The molecule has 35 heavy (non-hydrogen) atoms. The van der Waals surface area contributed by atoms with Crippen molar-refractivity contribution in [2.24, 2.45) is 0 Å². The van der Waals surface area contributed by atoms with Gasteiger partial charge in [0.05, 0.1) is 29.4 Å². The van der Waals surface area contributed by atoms with Crippen molar-refractivity contribution in [3.05, 3.63) is 83.3 Å². The van der Waals surface area contributed by atoms with Crippen molar-refractivity contribution in [3.63, 3.8) is 0 Å². The number of carbonyl (C=O) groups is 2. The van der Waals surface area contributed by atoms with Gasteiger partial charge in [-0.05, 0) is 75.4 Å². The molecule has 4 rings (SSSR count). The first kappa shape index (κ1) is 24.1. The van der Waals surface area contributed by atoms with Crippen LogP contribution in [0.25, 0.3) is 11.0 Å². The van der Waals surface area contributed by atoms with Gasteiger partial charge in [0, 0.05) is 16.7 Å². The van der Waals surface area contributed by atoms with Crippen LogP contribution in [0.15, 0.2) is 65.3 Å². The van der Waals surface area contributed by atoms with Gasteiger partial charge in [-0.25, -0.2) is 4.98 Å². The van der Waals surface area contributed by atoms with Crippen molar-refractivity contribution < 1.29 is 27.2 Å². The first-order valence-corrected chi connectivity index (χ1v) is 10.7. The monoisotopic (exact) mass is 484 g/mol. The van der Waals surface area contributed by atoms with E-state index in [2.05, 4.69) is 15.6 Å². The van der Waals surface area contributed by atoms with Gasteiger partial charge in [0.2, 0.25) is 5.95 Å². The van der Waals surface area contributed by atoms with Crippen LogP contribution < -0.4 is 10.6 Å². The van der Waals surface area contributed by atoms with Crippen molar-refractivity contribution in [1.82, 2.24) is 14.9 Å². The average molecular weight is 484 g/mol. The number of alkyl halides is 3. The SMILES string of the molecule is CC(C)(C)NC(=O)c1ccc(C(=O)Nc2nc3cc(C(F)(F)F)ccc3n2Cc2ccco2)cc1. The van der Waals surface area contributed by atoms with E-state index in [1.165, 1.54) is 36.6 Å². The molecule has 0 aliphatic carbocycles. The second kappa shape index (κ2) is 8.94. The highest BCUT2D eigenvalue weighted by atomic mass is 19.4. The number of carbonyl (C=O) groups excluding carboxylic acids is 2. The minimum Gasteiger partial charge on any atom is -0.467 e. The van der Waals surface area contributed by atoms with Crippen LogP contribution in [0, 0.1) is 0 Å². The normalized spacial score (nSPS) is 12.1. The van der Waals surface area contributed by atoms with E-state index in [4.69, 9.17) is 4.42 Å². The smallest absolute Gasteiger partial charge is 0.416 e. The van der Waals surface area contributed by atoms with Gasteiger partial charge in [-0.2, -0.15) is 13.2 Å². The van der Waals surface area contributed by atoms with Crippen molar-refractivity contribution in [2.45, 2.75) is 39.0 Å². The highest BCUT2D eigenvalue weighted by Gasteiger charge is 2.31. The maximum atomic E-state index is 13.2. The number of nitrogens with zero attached hydrogens (tertiary/aromatic N) is 2. The van der Waals surface area contributed by atoms with Gasteiger partial charge >= 0.3 is 6.18 Å². The molecule has 4 aromatic rings. The minimum absolute atomic E-state index is 0.0651. The molecule has 0 aliphatic rings. The van der Waals surface area contributed by atoms with E-state index in [9.17, 15) is 22.8 Å². The summed E-state index contributed by atoms with van der Waals surface area (Å²) in [5.41, 5.74) is -0.123. The van der Waals surface area contributed by atoms with Crippen molar-refractivity contribution in [3.8, 4) is 0 Å². The van der Waals surface area contributed by atoms with Gasteiger partial charge in [-0.1, -0.05) is 0 Å². The van der Waals surface area contributed by atoms with E-state index < -0.39 is 23.2 Å². The molecule has 0 bridgehead atoms. The fourth-order valence-electron chi connectivity index (χ4n) is 3.48. The molecule has 182 valence electrons. The molecule has 2 aromatic heterocycles. The van der Waals surface area contributed by atoms with E-state index in [0.29, 0.717) is 16.8 Å². The number of anilines is 1. The Morgan fingerprint density at radius 3 is 2.20 bits per heavy atom. The molecule has 2 amide bonds. The minimum atomic E-state index is -4.52. The number of rotatable bonds is 5. The van der Waals surface area contributed by atoms with E-state index in [0.717, 1.165) is 12.1 Å². The fraction of sp³-hybridized carbons (Fsp3) is 0.240. The van der Waals surface area contributed by atoms with Crippen molar-refractivity contribution in [2.75, 3.05) is 5.32 Å². The zero-order valence-corrected chi connectivity index (χ0v) is 19.2. The van der Waals surface area contributed by atoms with Crippen LogP contribution in [-0.2, 0) is 12.7 Å². The largest absolute Gasteiger partial charge is 0.467 e. The zero-order valence-electron chi connectivity index (χ0n) is 19.2. The first-order valence-electron chi connectivity index (χ1n) is 10.7. The van der Waals surface area contributed by atoms with Gasteiger partial charge in [-0.15, -0.1) is 0 Å². The Labute approximate surface area is 198 Å². The number of hydrogen-bond acceptors (Lipinski definition) is 4. The number of nitrogens with one attached hydrogen (secondary N) is 2. The Hall–Kier alpha value is -4.08. The lowest BCUT2D eigenvalue weighted by molar-refractivity contribution is -0.137. The van der Waals surface area contributed by atoms with Gasteiger partial charge in [-0.3, -0.25) is 14.9 Å². The predicted molar refractivity (Wildman–Crippen MR) is 124 cm³/mol. The molecule has 2 N–H and O–H groups in total. The van der Waals surface area contributed by atoms with Crippen LogP contribution in [0.1, 0.15) is 52.8 Å². The third kappa shape index (κ3) is 5.53. The van der Waals surface area contributed by atoms with Crippen LogP contribution in [0.3, 0.4) is 0 Å².